The van der Waals surface area contributed by atoms with Crippen LogP contribution in [0.25, 0.3) is 0 Å². The Morgan fingerprint density at radius 1 is 1.15 bits per heavy atom. The third-order valence-electron chi connectivity index (χ3n) is 4.35. The number of amides is 3. The highest BCUT2D eigenvalue weighted by molar-refractivity contribution is 6.07. The summed E-state index contributed by atoms with van der Waals surface area (Å²) in [7, 11) is 0. The molecule has 1 fully saturated rings. The molecule has 3 amide bonds. The molecule has 1 aliphatic rings. The standard InChI is InChI=1S/C19H18F2N2O4/c1-19(12-7-8-15(20)16(21)9-12)17(25)23(18(26)22-19)10-13(24)11-27-14-5-3-2-4-6-14/h2-9,13,24H,10-11H2,1H3,(H,22,26). The Labute approximate surface area is 154 Å². The van der Waals surface area contributed by atoms with E-state index >= 15 is 0 Å². The number of benzene rings is 2. The van der Waals surface area contributed by atoms with Gasteiger partial charge in [-0.2, -0.15) is 0 Å². The molecule has 2 aromatic rings. The number of para-hydroxylation sites is 1. The number of carbonyl (C=O) groups excluding carboxylic acids is 2. The maximum Gasteiger partial charge on any atom is 0.325 e. The molecule has 2 aromatic carbocycles. The van der Waals surface area contributed by atoms with E-state index in [9.17, 15) is 23.5 Å². The van der Waals surface area contributed by atoms with E-state index in [1.54, 1.807) is 24.3 Å². The molecule has 0 aromatic heterocycles. The molecule has 2 N–H and O–H groups in total. The second-order valence-electron chi connectivity index (χ2n) is 6.38. The summed E-state index contributed by atoms with van der Waals surface area (Å²) < 4.78 is 32.1. The van der Waals surface area contributed by atoms with Gasteiger partial charge in [0.05, 0.1) is 6.54 Å². The predicted octanol–water partition coefficient (Wildman–Crippen LogP) is 2.17. The number of β-amino-alcohol motifs (C(OH)–C–C–N with tert-alkyl or cyclic N) is 1. The van der Waals surface area contributed by atoms with Gasteiger partial charge < -0.3 is 15.2 Å². The summed E-state index contributed by atoms with van der Waals surface area (Å²) in [5.74, 6) is -2.30. The molecule has 0 radical (unpaired) electrons. The smallest absolute Gasteiger partial charge is 0.325 e. The van der Waals surface area contributed by atoms with Crippen molar-refractivity contribution in [2.24, 2.45) is 0 Å². The number of ether oxygens (including phenoxy) is 1. The van der Waals surface area contributed by atoms with Gasteiger partial charge >= 0.3 is 6.03 Å². The molecule has 6 nitrogen and oxygen atoms in total. The number of aliphatic hydroxyl groups is 1. The van der Waals surface area contributed by atoms with Gasteiger partial charge in [-0.3, -0.25) is 9.69 Å². The van der Waals surface area contributed by atoms with Gasteiger partial charge in [-0.1, -0.05) is 24.3 Å². The van der Waals surface area contributed by atoms with E-state index in [1.165, 1.54) is 13.0 Å². The van der Waals surface area contributed by atoms with Crippen molar-refractivity contribution in [2.45, 2.75) is 18.6 Å². The molecule has 27 heavy (non-hydrogen) atoms. The molecule has 1 heterocycles. The first-order chi connectivity index (χ1) is 12.8. The molecule has 1 saturated heterocycles. The van der Waals surface area contributed by atoms with Crippen LogP contribution >= 0.6 is 0 Å². The summed E-state index contributed by atoms with van der Waals surface area (Å²) in [6, 6.07) is 11.0. The molecule has 0 saturated carbocycles. The average molecular weight is 376 g/mol. The van der Waals surface area contributed by atoms with Crippen molar-refractivity contribution in [3.8, 4) is 5.75 Å². The second-order valence-corrected chi connectivity index (χ2v) is 6.38. The van der Waals surface area contributed by atoms with Gasteiger partial charge in [-0.05, 0) is 36.8 Å². The van der Waals surface area contributed by atoms with Crippen molar-refractivity contribution >= 4 is 11.9 Å². The molecular weight excluding hydrogens is 358 g/mol. The Balaban J connectivity index is 1.69. The highest BCUT2D eigenvalue weighted by Crippen LogP contribution is 2.29. The number of aliphatic hydroxyl groups excluding tert-OH is 1. The molecule has 3 rings (SSSR count). The van der Waals surface area contributed by atoms with Crippen LogP contribution in [0.2, 0.25) is 0 Å². The minimum atomic E-state index is -1.55. The zero-order chi connectivity index (χ0) is 19.6. The van der Waals surface area contributed by atoms with E-state index in [2.05, 4.69) is 5.32 Å². The third kappa shape index (κ3) is 3.75. The maximum absolute atomic E-state index is 13.5. The number of nitrogens with one attached hydrogen (secondary N) is 1. The summed E-state index contributed by atoms with van der Waals surface area (Å²) in [4.78, 5) is 25.8. The van der Waals surface area contributed by atoms with Crippen LogP contribution in [-0.4, -0.2) is 41.2 Å². The van der Waals surface area contributed by atoms with E-state index in [1.807, 2.05) is 6.07 Å². The minimum Gasteiger partial charge on any atom is -0.491 e. The van der Waals surface area contributed by atoms with Crippen molar-refractivity contribution in [2.75, 3.05) is 13.2 Å². The Bertz CT molecular complexity index is 862. The van der Waals surface area contributed by atoms with Gasteiger partial charge in [0.2, 0.25) is 0 Å². The third-order valence-corrected chi connectivity index (χ3v) is 4.35. The summed E-state index contributed by atoms with van der Waals surface area (Å²) in [5.41, 5.74) is -1.44. The summed E-state index contributed by atoms with van der Waals surface area (Å²) in [6.45, 7) is 0.979. The molecule has 8 heteroatoms. The first kappa shape index (κ1) is 18.8. The molecule has 0 spiro atoms. The first-order valence-corrected chi connectivity index (χ1v) is 8.27. The molecule has 0 aliphatic carbocycles. The lowest BCUT2D eigenvalue weighted by atomic mass is 9.92. The lowest BCUT2D eigenvalue weighted by Crippen LogP contribution is -2.42. The Morgan fingerprint density at radius 2 is 1.85 bits per heavy atom. The number of urea groups is 1. The van der Waals surface area contributed by atoms with Crippen LogP contribution in [0.1, 0.15) is 12.5 Å². The van der Waals surface area contributed by atoms with Crippen LogP contribution in [0, 0.1) is 11.6 Å². The van der Waals surface area contributed by atoms with Crippen LogP contribution in [-0.2, 0) is 10.3 Å². The maximum atomic E-state index is 13.5. The molecular formula is C19H18F2N2O4. The molecule has 0 bridgehead atoms. The van der Waals surface area contributed by atoms with Crippen molar-refractivity contribution in [1.82, 2.24) is 10.2 Å². The Kier molecular flexibility index (Phi) is 5.09. The van der Waals surface area contributed by atoms with E-state index in [0.717, 1.165) is 17.0 Å². The monoisotopic (exact) mass is 376 g/mol. The molecule has 2 atom stereocenters. The average Bonchev–Trinajstić information content (AvgIpc) is 2.87. The highest BCUT2D eigenvalue weighted by Gasteiger charge is 2.49. The first-order valence-electron chi connectivity index (χ1n) is 8.27. The van der Waals surface area contributed by atoms with Gasteiger partial charge in [-0.15, -0.1) is 0 Å². The van der Waals surface area contributed by atoms with Crippen LogP contribution in [0.3, 0.4) is 0 Å². The summed E-state index contributed by atoms with van der Waals surface area (Å²) >= 11 is 0. The van der Waals surface area contributed by atoms with Crippen molar-refractivity contribution in [3.05, 3.63) is 65.7 Å². The summed E-state index contributed by atoms with van der Waals surface area (Å²) in [6.07, 6.45) is -1.12. The van der Waals surface area contributed by atoms with Crippen molar-refractivity contribution in [1.29, 1.82) is 0 Å². The zero-order valence-corrected chi connectivity index (χ0v) is 14.5. The fraction of sp³-hybridized carbons (Fsp3) is 0.263. The largest absolute Gasteiger partial charge is 0.491 e. The number of hydrogen-bond donors (Lipinski definition) is 2. The van der Waals surface area contributed by atoms with E-state index in [-0.39, 0.29) is 18.7 Å². The molecule has 142 valence electrons. The SMILES string of the molecule is CC1(c2ccc(F)c(F)c2)NC(=O)N(CC(O)COc2ccccc2)C1=O. The molecule has 2 unspecified atom stereocenters. The van der Waals surface area contributed by atoms with Gasteiger partial charge in [0.15, 0.2) is 11.6 Å². The van der Waals surface area contributed by atoms with Crippen LogP contribution in [0.5, 0.6) is 5.75 Å². The van der Waals surface area contributed by atoms with E-state index in [0.29, 0.717) is 5.75 Å². The number of rotatable bonds is 6. The number of hydrogen-bond acceptors (Lipinski definition) is 4. The van der Waals surface area contributed by atoms with Crippen LogP contribution < -0.4 is 10.1 Å². The highest BCUT2D eigenvalue weighted by atomic mass is 19.2. The second kappa shape index (κ2) is 7.32. The predicted molar refractivity (Wildman–Crippen MR) is 91.9 cm³/mol. The minimum absolute atomic E-state index is 0.109. The van der Waals surface area contributed by atoms with Crippen LogP contribution in [0.4, 0.5) is 13.6 Å². The van der Waals surface area contributed by atoms with Gasteiger partial charge in [0.25, 0.3) is 5.91 Å². The summed E-state index contributed by atoms with van der Waals surface area (Å²) in [5, 5.41) is 12.6. The van der Waals surface area contributed by atoms with Gasteiger partial charge in [0.1, 0.15) is 24.0 Å². The lowest BCUT2D eigenvalue weighted by molar-refractivity contribution is -0.132. The fourth-order valence-corrected chi connectivity index (χ4v) is 2.84. The Hall–Kier alpha value is -3.00. The van der Waals surface area contributed by atoms with E-state index < -0.39 is 35.2 Å². The van der Waals surface area contributed by atoms with Crippen LogP contribution in [0.15, 0.2) is 48.5 Å². The van der Waals surface area contributed by atoms with Gasteiger partial charge in [0, 0.05) is 0 Å². The zero-order valence-electron chi connectivity index (χ0n) is 14.5. The van der Waals surface area contributed by atoms with Crippen molar-refractivity contribution < 1.29 is 28.2 Å². The number of imide groups is 1. The fourth-order valence-electron chi connectivity index (χ4n) is 2.84. The van der Waals surface area contributed by atoms with Gasteiger partial charge in [-0.25, -0.2) is 13.6 Å². The lowest BCUT2D eigenvalue weighted by Gasteiger charge is -2.23. The number of nitrogens with zero attached hydrogens (tertiary/aromatic N) is 1. The molecule has 1 aliphatic heterocycles. The van der Waals surface area contributed by atoms with E-state index in [4.69, 9.17) is 4.74 Å². The number of halogens is 2. The topological polar surface area (TPSA) is 78.9 Å². The quantitative estimate of drug-likeness (QED) is 0.758. The normalized spacial score (nSPS) is 20.5. The number of carbonyl (C=O) groups is 2. The van der Waals surface area contributed by atoms with Crippen molar-refractivity contribution in [3.63, 3.8) is 0 Å². The Morgan fingerprint density at radius 3 is 2.52 bits per heavy atom.